The maximum atomic E-state index is 12.4. The van der Waals surface area contributed by atoms with Gasteiger partial charge in [0.2, 0.25) is 0 Å². The molecule has 1 aliphatic heterocycles. The zero-order valence-electron chi connectivity index (χ0n) is 11.5. The van der Waals surface area contributed by atoms with Crippen LogP contribution in [0.2, 0.25) is 5.02 Å². The molecular weight excluding hydrogens is 306 g/mol. The van der Waals surface area contributed by atoms with Crippen LogP contribution in [0.3, 0.4) is 0 Å². The van der Waals surface area contributed by atoms with Gasteiger partial charge in [0.25, 0.3) is 5.91 Å². The van der Waals surface area contributed by atoms with Crippen molar-refractivity contribution in [2.75, 3.05) is 19.7 Å². The highest BCUT2D eigenvalue weighted by atomic mass is 35.5. The molecule has 0 bridgehead atoms. The zero-order valence-corrected chi connectivity index (χ0v) is 13.1. The topological polar surface area (TPSA) is 29.5 Å². The van der Waals surface area contributed by atoms with Gasteiger partial charge < -0.3 is 9.64 Å². The molecule has 2 aromatic rings. The summed E-state index contributed by atoms with van der Waals surface area (Å²) in [4.78, 5) is 14.2. The van der Waals surface area contributed by atoms with E-state index in [9.17, 15) is 4.79 Å². The summed E-state index contributed by atoms with van der Waals surface area (Å²) in [6, 6.07) is 9.64. The molecule has 1 saturated heterocycles. The number of nitrogens with zero attached hydrogens (tertiary/aromatic N) is 1. The van der Waals surface area contributed by atoms with Gasteiger partial charge in [0.15, 0.2) is 0 Å². The van der Waals surface area contributed by atoms with Crippen LogP contribution >= 0.6 is 22.9 Å². The maximum Gasteiger partial charge on any atom is 0.254 e. The minimum absolute atomic E-state index is 0.00114. The van der Waals surface area contributed by atoms with Crippen molar-refractivity contribution in [2.45, 2.75) is 12.5 Å². The number of amides is 1. The third kappa shape index (κ3) is 3.46. The molecule has 1 aromatic heterocycles. The third-order valence-corrected chi connectivity index (χ3v) is 4.65. The summed E-state index contributed by atoms with van der Waals surface area (Å²) in [7, 11) is 0. The van der Waals surface area contributed by atoms with Crippen molar-refractivity contribution >= 4 is 28.8 Å². The van der Waals surface area contributed by atoms with E-state index in [-0.39, 0.29) is 12.0 Å². The molecule has 2 heterocycles. The van der Waals surface area contributed by atoms with Crippen LogP contribution < -0.4 is 0 Å². The van der Waals surface area contributed by atoms with E-state index in [1.54, 1.807) is 11.3 Å². The number of halogens is 1. The molecule has 0 radical (unpaired) electrons. The lowest BCUT2D eigenvalue weighted by Crippen LogP contribution is -2.46. The van der Waals surface area contributed by atoms with Gasteiger partial charge in [-0.2, -0.15) is 11.3 Å². The maximum absolute atomic E-state index is 12.4. The van der Waals surface area contributed by atoms with Gasteiger partial charge in [0.1, 0.15) is 0 Å². The number of carbonyl (C=O) groups excluding carboxylic acids is 1. The van der Waals surface area contributed by atoms with Crippen LogP contribution in [0.25, 0.3) is 0 Å². The molecule has 0 saturated carbocycles. The number of hydrogen-bond acceptors (Lipinski definition) is 3. The lowest BCUT2D eigenvalue weighted by atomic mass is 10.1. The molecule has 3 rings (SSSR count). The van der Waals surface area contributed by atoms with Gasteiger partial charge in [-0.3, -0.25) is 4.79 Å². The second-order valence-corrected chi connectivity index (χ2v) is 6.24. The fourth-order valence-electron chi connectivity index (χ4n) is 2.51. The van der Waals surface area contributed by atoms with Gasteiger partial charge >= 0.3 is 0 Å². The molecule has 1 fully saturated rings. The Morgan fingerprint density at radius 2 is 2.24 bits per heavy atom. The summed E-state index contributed by atoms with van der Waals surface area (Å²) >= 11 is 7.73. The number of carbonyl (C=O) groups is 1. The quantitative estimate of drug-likeness (QED) is 0.866. The Labute approximate surface area is 133 Å². The Bertz CT molecular complexity index is 614. The van der Waals surface area contributed by atoms with Gasteiger partial charge in [-0.15, -0.1) is 0 Å². The first-order chi connectivity index (χ1) is 10.2. The normalized spacial score (nSPS) is 18.7. The highest BCUT2D eigenvalue weighted by Gasteiger charge is 2.25. The van der Waals surface area contributed by atoms with Gasteiger partial charge in [-0.05, 0) is 23.1 Å². The Hall–Kier alpha value is -1.36. The highest BCUT2D eigenvalue weighted by molar-refractivity contribution is 7.08. The molecule has 1 aliphatic rings. The smallest absolute Gasteiger partial charge is 0.254 e. The summed E-state index contributed by atoms with van der Waals surface area (Å²) in [5.74, 6) is 0.0868. The summed E-state index contributed by atoms with van der Waals surface area (Å²) in [5, 5.41) is 4.57. The van der Waals surface area contributed by atoms with Crippen molar-refractivity contribution in [1.82, 2.24) is 4.90 Å². The summed E-state index contributed by atoms with van der Waals surface area (Å²) in [5.41, 5.74) is 1.83. The summed E-state index contributed by atoms with van der Waals surface area (Å²) in [6.45, 7) is 1.83. The lowest BCUT2D eigenvalue weighted by molar-refractivity contribution is -0.0207. The Kier molecular flexibility index (Phi) is 4.58. The molecule has 0 N–H and O–H groups in total. The first-order valence-electron chi connectivity index (χ1n) is 6.90. The highest BCUT2D eigenvalue weighted by Crippen LogP contribution is 2.20. The number of hydrogen-bond donors (Lipinski definition) is 0. The lowest BCUT2D eigenvalue weighted by Gasteiger charge is -2.33. The van der Waals surface area contributed by atoms with Crippen LogP contribution in [-0.4, -0.2) is 36.6 Å². The van der Waals surface area contributed by atoms with Crippen molar-refractivity contribution in [3.63, 3.8) is 0 Å². The molecule has 0 unspecified atom stereocenters. The minimum atomic E-state index is 0.00114. The summed E-state index contributed by atoms with van der Waals surface area (Å²) < 4.78 is 5.78. The van der Waals surface area contributed by atoms with E-state index in [2.05, 4.69) is 0 Å². The van der Waals surface area contributed by atoms with E-state index in [1.165, 1.54) is 0 Å². The monoisotopic (exact) mass is 321 g/mol. The van der Waals surface area contributed by atoms with Crippen molar-refractivity contribution in [3.8, 4) is 0 Å². The standard InChI is InChI=1S/C16H16ClNO2S/c17-15-4-2-1-3-12(15)9-14-10-18(6-7-20-14)16(19)13-5-8-21-11-13/h1-5,8,11,14H,6-7,9-10H2/t14-/m1/s1. The average Bonchev–Trinajstić information content (AvgIpc) is 3.03. The Morgan fingerprint density at radius 3 is 3.00 bits per heavy atom. The van der Waals surface area contributed by atoms with E-state index in [0.29, 0.717) is 19.7 Å². The summed E-state index contributed by atoms with van der Waals surface area (Å²) in [6.07, 6.45) is 0.730. The molecule has 5 heteroatoms. The molecule has 1 amide bonds. The van der Waals surface area contributed by atoms with Crippen molar-refractivity contribution < 1.29 is 9.53 Å². The van der Waals surface area contributed by atoms with E-state index >= 15 is 0 Å². The van der Waals surface area contributed by atoms with Crippen molar-refractivity contribution in [2.24, 2.45) is 0 Å². The molecule has 0 spiro atoms. The molecule has 0 aliphatic carbocycles. The number of benzene rings is 1. The van der Waals surface area contributed by atoms with E-state index in [1.807, 2.05) is 46.0 Å². The fourth-order valence-corrected chi connectivity index (χ4v) is 3.35. The largest absolute Gasteiger partial charge is 0.374 e. The molecular formula is C16H16ClNO2S. The van der Waals surface area contributed by atoms with Gasteiger partial charge in [0.05, 0.1) is 18.3 Å². The number of rotatable bonds is 3. The predicted octanol–water partition coefficient (Wildman–Crippen LogP) is 3.49. The second-order valence-electron chi connectivity index (χ2n) is 5.05. The minimum Gasteiger partial charge on any atom is -0.374 e. The third-order valence-electron chi connectivity index (χ3n) is 3.60. The first-order valence-corrected chi connectivity index (χ1v) is 8.22. The average molecular weight is 322 g/mol. The van der Waals surface area contributed by atoms with Crippen molar-refractivity contribution in [3.05, 3.63) is 57.2 Å². The molecule has 3 nitrogen and oxygen atoms in total. The van der Waals surface area contributed by atoms with Gasteiger partial charge in [0, 0.05) is 29.9 Å². The Balaban J connectivity index is 1.66. The molecule has 1 atom stereocenters. The number of ether oxygens (including phenoxy) is 1. The predicted molar refractivity (Wildman–Crippen MR) is 85.1 cm³/mol. The second kappa shape index (κ2) is 6.60. The molecule has 1 aromatic carbocycles. The van der Waals surface area contributed by atoms with Crippen LogP contribution in [0.15, 0.2) is 41.1 Å². The van der Waals surface area contributed by atoms with E-state index in [0.717, 1.165) is 22.6 Å². The number of thiophene rings is 1. The van der Waals surface area contributed by atoms with Crippen molar-refractivity contribution in [1.29, 1.82) is 0 Å². The van der Waals surface area contributed by atoms with E-state index < -0.39 is 0 Å². The van der Waals surface area contributed by atoms with Crippen LogP contribution in [0.4, 0.5) is 0 Å². The van der Waals surface area contributed by atoms with Crippen LogP contribution in [-0.2, 0) is 11.2 Å². The SMILES string of the molecule is O=C(c1ccsc1)N1CCO[C@H](Cc2ccccc2Cl)C1. The van der Waals surface area contributed by atoms with E-state index in [4.69, 9.17) is 16.3 Å². The van der Waals surface area contributed by atoms with Gasteiger partial charge in [-0.1, -0.05) is 29.8 Å². The Morgan fingerprint density at radius 1 is 1.38 bits per heavy atom. The van der Waals surface area contributed by atoms with Crippen LogP contribution in [0, 0.1) is 0 Å². The molecule has 21 heavy (non-hydrogen) atoms. The van der Waals surface area contributed by atoms with Crippen LogP contribution in [0.5, 0.6) is 0 Å². The van der Waals surface area contributed by atoms with Crippen LogP contribution in [0.1, 0.15) is 15.9 Å². The number of morpholine rings is 1. The molecule has 110 valence electrons. The van der Waals surface area contributed by atoms with Gasteiger partial charge in [-0.25, -0.2) is 0 Å². The zero-order chi connectivity index (χ0) is 14.7. The fraction of sp³-hybridized carbons (Fsp3) is 0.312. The first kappa shape index (κ1) is 14.6.